The van der Waals surface area contributed by atoms with Crippen molar-refractivity contribution < 1.29 is 18.3 Å². The third-order valence-corrected chi connectivity index (χ3v) is 7.37. The van der Waals surface area contributed by atoms with Crippen molar-refractivity contribution in [2.45, 2.75) is 83.3 Å². The summed E-state index contributed by atoms with van der Waals surface area (Å²) >= 11 is 0. The van der Waals surface area contributed by atoms with Crippen LogP contribution in [0.25, 0.3) is 0 Å². The Bertz CT molecular complexity index is 659. The second kappa shape index (κ2) is 8.06. The predicted molar refractivity (Wildman–Crippen MR) is 102 cm³/mol. The molecule has 1 atom stereocenters. The van der Waals surface area contributed by atoms with Crippen molar-refractivity contribution in [3.63, 3.8) is 0 Å². The highest BCUT2D eigenvalue weighted by Crippen LogP contribution is 2.45. The molecule has 150 valence electrons. The molecule has 0 saturated heterocycles. The molecule has 0 aromatic heterocycles. The zero-order chi connectivity index (χ0) is 19.0. The van der Waals surface area contributed by atoms with Crippen LogP contribution in [0.5, 0.6) is 5.75 Å². The fraction of sp³-hybridized carbons (Fsp3) is 0.739. The lowest BCUT2D eigenvalue weighted by molar-refractivity contribution is -0.0678. The van der Waals surface area contributed by atoms with E-state index in [0.717, 1.165) is 49.0 Å². The van der Waals surface area contributed by atoms with E-state index in [0.29, 0.717) is 18.4 Å². The first-order chi connectivity index (χ1) is 13.1. The van der Waals surface area contributed by atoms with Crippen LogP contribution in [0.2, 0.25) is 0 Å². The molecule has 2 fully saturated rings. The Kier molecular flexibility index (Phi) is 5.73. The number of benzene rings is 1. The second-order valence-electron chi connectivity index (χ2n) is 9.04. The average molecular weight is 379 g/mol. The molecule has 4 heteroatoms. The van der Waals surface area contributed by atoms with Crippen molar-refractivity contribution in [2.75, 3.05) is 7.11 Å². The number of hydrogen-bond donors (Lipinski definition) is 0. The van der Waals surface area contributed by atoms with Crippen LogP contribution in [-0.4, -0.2) is 13.4 Å². The van der Waals surface area contributed by atoms with Crippen molar-refractivity contribution in [3.05, 3.63) is 28.8 Å². The Hall–Kier alpha value is -1.16. The molecular weight excluding hydrogens is 346 g/mol. The molecule has 1 unspecified atom stereocenters. The Balaban J connectivity index is 1.45. The minimum atomic E-state index is -0.826. The van der Waals surface area contributed by atoms with Gasteiger partial charge in [-0.3, -0.25) is 0 Å². The van der Waals surface area contributed by atoms with E-state index in [1.54, 1.807) is 0 Å². The molecule has 4 rings (SSSR count). The summed E-state index contributed by atoms with van der Waals surface area (Å²) < 4.78 is 40.1. The smallest absolute Gasteiger partial charge is 0.201 e. The van der Waals surface area contributed by atoms with Crippen LogP contribution in [0.1, 0.15) is 81.8 Å². The van der Waals surface area contributed by atoms with Crippen LogP contribution in [0.15, 0.2) is 6.07 Å². The van der Waals surface area contributed by atoms with Gasteiger partial charge in [0.25, 0.3) is 0 Å². The van der Waals surface area contributed by atoms with Crippen LogP contribution < -0.4 is 4.74 Å². The van der Waals surface area contributed by atoms with Crippen LogP contribution in [0.4, 0.5) is 8.78 Å². The molecule has 2 saturated carbocycles. The fourth-order valence-corrected chi connectivity index (χ4v) is 5.58. The lowest BCUT2D eigenvalue weighted by atomic mass is 9.68. The van der Waals surface area contributed by atoms with Crippen LogP contribution in [-0.2, 0) is 11.2 Å². The summed E-state index contributed by atoms with van der Waals surface area (Å²) in [6.45, 7) is 2.36. The molecule has 0 N–H and O–H groups in total. The van der Waals surface area contributed by atoms with E-state index in [2.05, 4.69) is 6.92 Å². The highest BCUT2D eigenvalue weighted by molar-refractivity contribution is 5.42. The molecule has 27 heavy (non-hydrogen) atoms. The van der Waals surface area contributed by atoms with Gasteiger partial charge in [-0.1, -0.05) is 19.8 Å². The molecule has 0 spiro atoms. The number of methoxy groups -OCH3 is 1. The first-order valence-corrected chi connectivity index (χ1v) is 10.8. The Morgan fingerprint density at radius 1 is 0.889 bits per heavy atom. The molecule has 2 nitrogen and oxygen atoms in total. The molecule has 0 radical (unpaired) electrons. The topological polar surface area (TPSA) is 18.5 Å². The van der Waals surface area contributed by atoms with Crippen LogP contribution >= 0.6 is 0 Å². The predicted octanol–water partition coefficient (Wildman–Crippen LogP) is 6.36. The van der Waals surface area contributed by atoms with E-state index < -0.39 is 17.9 Å². The summed E-state index contributed by atoms with van der Waals surface area (Å²) in [6, 6.07) is 1.87. The van der Waals surface area contributed by atoms with Crippen molar-refractivity contribution in [2.24, 2.45) is 17.8 Å². The van der Waals surface area contributed by atoms with Gasteiger partial charge in [0, 0.05) is 13.5 Å². The van der Waals surface area contributed by atoms with Gasteiger partial charge >= 0.3 is 0 Å². The number of halogens is 2. The van der Waals surface area contributed by atoms with Gasteiger partial charge in [-0.25, -0.2) is 4.39 Å². The van der Waals surface area contributed by atoms with Crippen LogP contribution in [0, 0.1) is 29.4 Å². The highest BCUT2D eigenvalue weighted by Gasteiger charge is 2.33. The molecular formula is C23H32F2O2. The average Bonchev–Trinajstić information content (AvgIpc) is 2.71. The maximum Gasteiger partial charge on any atom is 0.201 e. The minimum absolute atomic E-state index is 0.0550. The summed E-state index contributed by atoms with van der Waals surface area (Å²) in [5, 5.41) is 0. The van der Waals surface area contributed by atoms with Gasteiger partial charge in [0.05, 0.1) is 0 Å². The van der Waals surface area contributed by atoms with Gasteiger partial charge in [-0.05, 0) is 85.8 Å². The SMILES string of the molecule is COC1CCc2cc(C3CCC(C4CCC(C)CC4)CC3)c(F)c(F)c2O1. The standard InChI is InChI=1S/C23H32F2O2/c1-14-3-5-15(6-4-14)16-7-9-17(10-8-16)19-13-18-11-12-20(26-2)27-23(18)22(25)21(19)24/h13-17,20H,3-12H2,1-2H3. The van der Waals surface area contributed by atoms with E-state index in [1.807, 2.05) is 6.07 Å². The van der Waals surface area contributed by atoms with E-state index in [-0.39, 0.29) is 11.7 Å². The van der Waals surface area contributed by atoms with Gasteiger partial charge in [0.15, 0.2) is 17.9 Å². The molecule has 1 heterocycles. The largest absolute Gasteiger partial charge is 0.461 e. The van der Waals surface area contributed by atoms with E-state index in [9.17, 15) is 8.78 Å². The summed E-state index contributed by atoms with van der Waals surface area (Å²) in [5.74, 6) is 1.18. The summed E-state index contributed by atoms with van der Waals surface area (Å²) in [6.07, 6.45) is 10.6. The van der Waals surface area contributed by atoms with E-state index >= 15 is 0 Å². The van der Waals surface area contributed by atoms with Crippen molar-refractivity contribution in [1.82, 2.24) is 0 Å². The normalized spacial score (nSPS) is 34.0. The molecule has 1 aromatic carbocycles. The van der Waals surface area contributed by atoms with Gasteiger partial charge in [-0.2, -0.15) is 4.39 Å². The lowest BCUT2D eigenvalue weighted by Gasteiger charge is -2.37. The second-order valence-corrected chi connectivity index (χ2v) is 9.04. The first kappa shape index (κ1) is 19.2. The number of rotatable bonds is 3. The number of hydrogen-bond acceptors (Lipinski definition) is 2. The Morgan fingerprint density at radius 3 is 2.15 bits per heavy atom. The molecule has 3 aliphatic rings. The third-order valence-electron chi connectivity index (χ3n) is 7.37. The summed E-state index contributed by atoms with van der Waals surface area (Å²) in [7, 11) is 1.53. The maximum absolute atomic E-state index is 14.8. The monoisotopic (exact) mass is 378 g/mol. The zero-order valence-electron chi connectivity index (χ0n) is 16.6. The van der Waals surface area contributed by atoms with E-state index in [4.69, 9.17) is 9.47 Å². The molecule has 1 aliphatic heterocycles. The van der Waals surface area contributed by atoms with Gasteiger partial charge < -0.3 is 9.47 Å². The summed E-state index contributed by atoms with van der Waals surface area (Å²) in [5.41, 5.74) is 1.36. The maximum atomic E-state index is 14.8. The quantitative estimate of drug-likeness (QED) is 0.609. The third kappa shape index (κ3) is 3.87. The van der Waals surface area contributed by atoms with Crippen molar-refractivity contribution in [1.29, 1.82) is 0 Å². The number of aryl methyl sites for hydroxylation is 1. The van der Waals surface area contributed by atoms with Crippen molar-refractivity contribution in [3.8, 4) is 5.75 Å². The van der Waals surface area contributed by atoms with Gasteiger partial charge in [0.2, 0.25) is 5.82 Å². The number of ether oxygens (including phenoxy) is 2. The summed E-state index contributed by atoms with van der Waals surface area (Å²) in [4.78, 5) is 0. The molecule has 2 aliphatic carbocycles. The van der Waals surface area contributed by atoms with Gasteiger partial charge in [0.1, 0.15) is 0 Å². The first-order valence-electron chi connectivity index (χ1n) is 10.8. The van der Waals surface area contributed by atoms with E-state index in [1.165, 1.54) is 32.8 Å². The number of fused-ring (bicyclic) bond motifs is 1. The lowest BCUT2D eigenvalue weighted by Crippen LogP contribution is -2.27. The van der Waals surface area contributed by atoms with Gasteiger partial charge in [-0.15, -0.1) is 0 Å². The molecule has 1 aromatic rings. The van der Waals surface area contributed by atoms with Crippen LogP contribution in [0.3, 0.4) is 0 Å². The minimum Gasteiger partial charge on any atom is -0.461 e. The fourth-order valence-electron chi connectivity index (χ4n) is 5.58. The Morgan fingerprint density at radius 2 is 1.52 bits per heavy atom. The zero-order valence-corrected chi connectivity index (χ0v) is 16.6. The molecule has 0 bridgehead atoms. The van der Waals surface area contributed by atoms with Crippen molar-refractivity contribution >= 4 is 0 Å². The highest BCUT2D eigenvalue weighted by atomic mass is 19.2. The Labute approximate surface area is 161 Å². The molecule has 0 amide bonds.